The molecule has 0 atom stereocenters. The average Bonchev–Trinajstić information content (AvgIpc) is 0.918. The largest absolute Gasteiger partial charge is 0.267 e. The van der Waals surface area contributed by atoms with E-state index in [0.29, 0.717) is 0 Å². The molecule has 0 saturated heterocycles. The SMILES string of the molecule is O=[NH+][O-].[Zr]. The molecular formula is HNO2Zr. The van der Waals surface area contributed by atoms with Crippen LogP contribution >= 0.6 is 0 Å². The Kier molecular flexibility index (Phi) is 23.0. The molecule has 3 nitrogen and oxygen atoms in total. The maximum Gasteiger partial charge on any atom is 0.00366 e. The van der Waals surface area contributed by atoms with Gasteiger partial charge in [0.25, 0.3) is 0 Å². The zero-order valence-corrected chi connectivity index (χ0v) is 4.27. The van der Waals surface area contributed by atoms with Gasteiger partial charge < -0.3 is 0 Å². The molecular weight excluding hydrogens is 137 g/mol. The molecule has 4 heavy (non-hydrogen) atoms. The molecule has 0 aliphatic heterocycles. The molecule has 0 fully saturated rings. The van der Waals surface area contributed by atoms with Gasteiger partial charge in [-0.25, -0.2) is 0 Å². The first kappa shape index (κ1) is 8.86. The molecule has 0 amide bonds. The first-order valence-corrected chi connectivity index (χ1v) is 0.408. The van der Waals surface area contributed by atoms with Gasteiger partial charge in [-0.05, 0) is 0 Å². The third kappa shape index (κ3) is 46.9. The molecule has 0 aromatic heterocycles. The van der Waals surface area contributed by atoms with Crippen molar-refractivity contribution in [1.29, 1.82) is 0 Å². The summed E-state index contributed by atoms with van der Waals surface area (Å²) in [5, 5.41) is 8.38. The molecule has 0 aliphatic carbocycles. The second-order valence-corrected chi connectivity index (χ2v) is 0.0833. The van der Waals surface area contributed by atoms with Crippen LogP contribution in [0.15, 0.2) is 0 Å². The number of rotatable bonds is 0. The molecule has 4 heteroatoms. The zero-order valence-electron chi connectivity index (χ0n) is 1.82. The van der Waals surface area contributed by atoms with Gasteiger partial charge in [-0.2, -0.15) is 0 Å². The Labute approximate surface area is 42.1 Å². The van der Waals surface area contributed by atoms with Gasteiger partial charge in [0, 0.05) is 31.5 Å². The third-order valence-corrected chi connectivity index (χ3v) is 0. The molecule has 0 rings (SSSR count). The van der Waals surface area contributed by atoms with Crippen molar-refractivity contribution >= 4 is 0 Å². The monoisotopic (exact) mass is 137 g/mol. The van der Waals surface area contributed by atoms with Crippen LogP contribution in [0.4, 0.5) is 0 Å². The molecule has 0 aromatic carbocycles. The van der Waals surface area contributed by atoms with Crippen LogP contribution < -0.4 is 5.34 Å². The fourth-order valence-corrected chi connectivity index (χ4v) is 0. The summed E-state index contributed by atoms with van der Waals surface area (Å²) in [5.41, 5.74) is 0. The van der Waals surface area contributed by atoms with Crippen molar-refractivity contribution in [2.45, 2.75) is 0 Å². The van der Waals surface area contributed by atoms with Gasteiger partial charge in [0.2, 0.25) is 0 Å². The van der Waals surface area contributed by atoms with E-state index >= 15 is 0 Å². The quantitative estimate of drug-likeness (QED) is 0.321. The van der Waals surface area contributed by atoms with Crippen LogP contribution in [-0.2, 0) is 26.2 Å². The first-order chi connectivity index (χ1) is 1.41. The Morgan fingerprint density at radius 1 is 1.75 bits per heavy atom. The average molecular weight is 138 g/mol. The van der Waals surface area contributed by atoms with E-state index in [0.717, 1.165) is 0 Å². The van der Waals surface area contributed by atoms with Gasteiger partial charge in [-0.1, -0.05) is 0 Å². The minimum absolute atomic E-state index is 0. The predicted octanol–water partition coefficient (Wildman–Crippen LogP) is -1.67. The Balaban J connectivity index is 0. The number of nitrogens with one attached hydrogen (secondary N) is 1. The fraction of sp³-hybridized carbons (Fsp3) is 0. The second kappa shape index (κ2) is 10.4. The van der Waals surface area contributed by atoms with Gasteiger partial charge >= 0.3 is 0 Å². The Morgan fingerprint density at radius 2 is 1.75 bits per heavy atom. The first-order valence-electron chi connectivity index (χ1n) is 0.408. The van der Waals surface area contributed by atoms with Gasteiger partial charge in [-0.3, -0.25) is 10.1 Å². The molecule has 0 saturated carbocycles. The van der Waals surface area contributed by atoms with Crippen LogP contribution in [0.5, 0.6) is 0 Å². The maximum absolute atomic E-state index is 8.12. The molecule has 0 bridgehead atoms. The molecule has 0 unspecified atom stereocenters. The Hall–Kier alpha value is 0.283. The minimum Gasteiger partial charge on any atom is -0.267 e. The van der Waals surface area contributed by atoms with E-state index in [2.05, 4.69) is 0 Å². The van der Waals surface area contributed by atoms with E-state index in [1.54, 1.807) is 0 Å². The molecule has 0 aliphatic rings. The topological polar surface area (TPSA) is 54.1 Å². The smallest absolute Gasteiger partial charge is 0.00366 e. The fourth-order valence-electron chi connectivity index (χ4n) is 0. The molecule has 1 N–H and O–H groups in total. The number of hydrogen-bond acceptors (Lipinski definition) is 2. The molecule has 0 spiro atoms. The van der Waals surface area contributed by atoms with E-state index in [1.165, 1.54) is 0 Å². The summed E-state index contributed by atoms with van der Waals surface area (Å²) < 4.78 is 0. The second-order valence-electron chi connectivity index (χ2n) is 0.0833. The van der Waals surface area contributed by atoms with Crippen molar-refractivity contribution in [3.63, 3.8) is 0 Å². The number of hydrogen-bond donors (Lipinski definition) is 1. The zero-order chi connectivity index (χ0) is 2.71. The van der Waals surface area contributed by atoms with Crippen LogP contribution in [0.2, 0.25) is 0 Å². The van der Waals surface area contributed by atoms with Crippen LogP contribution in [0.1, 0.15) is 0 Å². The normalized spacial score (nSPS) is 3.00. The van der Waals surface area contributed by atoms with E-state index in [1.807, 2.05) is 0 Å². The standard InChI is InChI=1S/HNO2.Zr/c2-1-3;/h1H;. The van der Waals surface area contributed by atoms with Crippen molar-refractivity contribution in [3.8, 4) is 0 Å². The van der Waals surface area contributed by atoms with Crippen LogP contribution in [0.25, 0.3) is 0 Å². The van der Waals surface area contributed by atoms with E-state index < -0.39 is 0 Å². The van der Waals surface area contributed by atoms with Crippen molar-refractivity contribution in [3.05, 3.63) is 10.1 Å². The van der Waals surface area contributed by atoms with Gasteiger partial charge in [0.15, 0.2) is 0 Å². The Morgan fingerprint density at radius 3 is 1.75 bits per heavy atom. The molecule has 0 heterocycles. The van der Waals surface area contributed by atoms with Gasteiger partial charge in [0.05, 0.1) is 0 Å². The summed E-state index contributed by atoms with van der Waals surface area (Å²) in [6.07, 6.45) is 0. The molecule has 22 valence electrons. The summed E-state index contributed by atoms with van der Waals surface area (Å²) >= 11 is 0. The minimum atomic E-state index is 0. The van der Waals surface area contributed by atoms with Crippen LogP contribution in [-0.4, -0.2) is 0 Å². The van der Waals surface area contributed by atoms with Crippen molar-refractivity contribution in [2.75, 3.05) is 0 Å². The van der Waals surface area contributed by atoms with Gasteiger partial charge in [0.1, 0.15) is 0 Å². The van der Waals surface area contributed by atoms with Crippen LogP contribution in [0.3, 0.4) is 0 Å². The van der Waals surface area contributed by atoms with Crippen molar-refractivity contribution in [1.82, 2.24) is 0 Å². The summed E-state index contributed by atoms with van der Waals surface area (Å²) in [6.45, 7) is 0. The predicted molar refractivity (Wildman–Crippen MR) is 7.70 cm³/mol. The van der Waals surface area contributed by atoms with Gasteiger partial charge in [-0.15, -0.1) is 0 Å². The van der Waals surface area contributed by atoms with E-state index in [-0.39, 0.29) is 31.5 Å². The Bertz CT molecular complexity index is 13.5. The van der Waals surface area contributed by atoms with Crippen molar-refractivity contribution in [2.24, 2.45) is 0 Å². The summed E-state index contributed by atoms with van der Waals surface area (Å²) in [5.74, 6) is 0. The summed E-state index contributed by atoms with van der Waals surface area (Å²) in [4.78, 5) is 8.12. The van der Waals surface area contributed by atoms with E-state index in [4.69, 9.17) is 10.1 Å². The van der Waals surface area contributed by atoms with Crippen molar-refractivity contribution < 1.29 is 31.5 Å². The molecule has 0 radical (unpaired) electrons. The summed E-state index contributed by atoms with van der Waals surface area (Å²) in [7, 11) is 0. The maximum atomic E-state index is 8.12. The van der Waals surface area contributed by atoms with Crippen LogP contribution in [0, 0.1) is 10.1 Å². The van der Waals surface area contributed by atoms with E-state index in [9.17, 15) is 0 Å². The summed E-state index contributed by atoms with van der Waals surface area (Å²) in [6, 6.07) is 0. The third-order valence-electron chi connectivity index (χ3n) is 0. The molecule has 0 aromatic rings.